The first kappa shape index (κ1) is 11.3. The Balaban J connectivity index is 2.25. The molecule has 1 atom stereocenters. The average molecular weight is 237 g/mol. The van der Waals surface area contributed by atoms with Crippen LogP contribution in [0.4, 0.5) is 0 Å². The lowest BCUT2D eigenvalue weighted by atomic mass is 10.1. The van der Waals surface area contributed by atoms with Crippen molar-refractivity contribution in [2.45, 2.75) is 26.3 Å². The minimum absolute atomic E-state index is 0.152. The number of hydrogen-bond donors (Lipinski definition) is 1. The maximum atomic E-state index is 5.14. The van der Waals surface area contributed by atoms with Gasteiger partial charge in [-0.1, -0.05) is 11.4 Å². The smallest absolute Gasteiger partial charge is 0.0954 e. The highest BCUT2D eigenvalue weighted by atomic mass is 32.1. The van der Waals surface area contributed by atoms with Crippen LogP contribution in [0.1, 0.15) is 35.5 Å². The molecule has 0 aliphatic heterocycles. The molecule has 0 aliphatic carbocycles. The molecular weight excluding hydrogens is 222 g/mol. The van der Waals surface area contributed by atoms with Crippen molar-refractivity contribution in [1.82, 2.24) is 14.9 Å². The molecule has 0 saturated carbocycles. The van der Waals surface area contributed by atoms with Gasteiger partial charge in [0, 0.05) is 5.56 Å². The number of nitrogens with one attached hydrogen (secondary N) is 1. The van der Waals surface area contributed by atoms with Crippen molar-refractivity contribution in [3.8, 4) is 0 Å². The Kier molecular flexibility index (Phi) is 3.69. The van der Waals surface area contributed by atoms with Gasteiger partial charge in [-0.25, -0.2) is 0 Å². The minimum Gasteiger partial charge on any atom is -0.472 e. The quantitative estimate of drug-likeness (QED) is 0.868. The zero-order valence-electron chi connectivity index (χ0n) is 9.43. The summed E-state index contributed by atoms with van der Waals surface area (Å²) in [5.74, 6) is 0. The second-order valence-electron chi connectivity index (χ2n) is 3.67. The molecule has 16 heavy (non-hydrogen) atoms. The van der Waals surface area contributed by atoms with E-state index < -0.39 is 0 Å². The van der Waals surface area contributed by atoms with E-state index in [4.69, 9.17) is 4.42 Å². The van der Waals surface area contributed by atoms with E-state index in [9.17, 15) is 0 Å². The normalized spacial score (nSPS) is 12.9. The maximum absolute atomic E-state index is 5.14. The van der Waals surface area contributed by atoms with Gasteiger partial charge in [-0.2, -0.15) is 0 Å². The van der Waals surface area contributed by atoms with Gasteiger partial charge >= 0.3 is 0 Å². The zero-order valence-corrected chi connectivity index (χ0v) is 10.3. The summed E-state index contributed by atoms with van der Waals surface area (Å²) in [4.78, 5) is 1.16. The molecule has 2 heterocycles. The minimum atomic E-state index is 0.152. The lowest BCUT2D eigenvalue weighted by Gasteiger charge is -2.15. The van der Waals surface area contributed by atoms with Gasteiger partial charge in [0.2, 0.25) is 0 Å². The molecule has 0 spiro atoms. The molecule has 0 aromatic carbocycles. The molecule has 0 aliphatic rings. The summed E-state index contributed by atoms with van der Waals surface area (Å²) in [6.45, 7) is 5.10. The Morgan fingerprint density at radius 2 is 2.44 bits per heavy atom. The van der Waals surface area contributed by atoms with Crippen molar-refractivity contribution in [2.75, 3.05) is 6.54 Å². The molecule has 0 bridgehead atoms. The van der Waals surface area contributed by atoms with E-state index in [1.165, 1.54) is 11.5 Å². The lowest BCUT2D eigenvalue weighted by Crippen LogP contribution is -2.22. The summed E-state index contributed by atoms with van der Waals surface area (Å²) in [6.07, 6.45) is 4.56. The fraction of sp³-hybridized carbons (Fsp3) is 0.455. The molecule has 86 valence electrons. The molecule has 4 nitrogen and oxygen atoms in total. The molecule has 1 N–H and O–H groups in total. The molecule has 1 unspecified atom stereocenters. The summed E-state index contributed by atoms with van der Waals surface area (Å²) in [5, 5.41) is 7.54. The van der Waals surface area contributed by atoms with Gasteiger partial charge in [0.15, 0.2) is 0 Å². The van der Waals surface area contributed by atoms with Crippen LogP contribution in [0.15, 0.2) is 23.0 Å². The Hall–Kier alpha value is -1.20. The fourth-order valence-electron chi connectivity index (χ4n) is 1.59. The molecule has 5 heteroatoms. The summed E-state index contributed by atoms with van der Waals surface area (Å²) >= 11 is 1.44. The molecular formula is C11H15N3OS. The van der Waals surface area contributed by atoms with Gasteiger partial charge in [-0.15, -0.1) is 5.10 Å². The van der Waals surface area contributed by atoms with Crippen LogP contribution in [-0.4, -0.2) is 16.1 Å². The Labute approximate surface area is 98.8 Å². The first-order chi connectivity index (χ1) is 7.83. The van der Waals surface area contributed by atoms with Crippen molar-refractivity contribution >= 4 is 11.5 Å². The van der Waals surface area contributed by atoms with E-state index in [1.54, 1.807) is 12.5 Å². The third-order valence-corrected chi connectivity index (χ3v) is 3.31. The summed E-state index contributed by atoms with van der Waals surface area (Å²) in [5.41, 5.74) is 2.11. The van der Waals surface area contributed by atoms with Crippen LogP contribution in [0.2, 0.25) is 0 Å². The van der Waals surface area contributed by atoms with Crippen molar-refractivity contribution in [1.29, 1.82) is 0 Å². The van der Waals surface area contributed by atoms with Crippen LogP contribution in [-0.2, 0) is 0 Å². The molecule has 0 amide bonds. The van der Waals surface area contributed by atoms with E-state index in [2.05, 4.69) is 21.8 Å². The van der Waals surface area contributed by atoms with Crippen LogP contribution in [0.5, 0.6) is 0 Å². The Bertz CT molecular complexity index is 424. The van der Waals surface area contributed by atoms with E-state index in [0.29, 0.717) is 0 Å². The number of rotatable bonds is 5. The van der Waals surface area contributed by atoms with Gasteiger partial charge in [0.1, 0.15) is 0 Å². The van der Waals surface area contributed by atoms with Crippen molar-refractivity contribution in [3.63, 3.8) is 0 Å². The second kappa shape index (κ2) is 5.23. The number of hydrogen-bond acceptors (Lipinski definition) is 5. The van der Waals surface area contributed by atoms with Crippen molar-refractivity contribution in [2.24, 2.45) is 0 Å². The van der Waals surface area contributed by atoms with Crippen LogP contribution in [0.3, 0.4) is 0 Å². The number of furan rings is 1. The largest absolute Gasteiger partial charge is 0.472 e. The van der Waals surface area contributed by atoms with Gasteiger partial charge < -0.3 is 9.73 Å². The van der Waals surface area contributed by atoms with Crippen molar-refractivity contribution in [3.05, 3.63) is 34.7 Å². The topological polar surface area (TPSA) is 51.0 Å². The first-order valence-electron chi connectivity index (χ1n) is 5.37. The van der Waals surface area contributed by atoms with Crippen LogP contribution in [0, 0.1) is 6.92 Å². The van der Waals surface area contributed by atoms with Crippen LogP contribution < -0.4 is 5.32 Å². The summed E-state index contributed by atoms with van der Waals surface area (Å²) in [6, 6.07) is 2.13. The SMILES string of the molecule is CCCNC(c1ccoc1)c1snnc1C. The van der Waals surface area contributed by atoms with Crippen LogP contribution >= 0.6 is 11.5 Å². The van der Waals surface area contributed by atoms with Gasteiger partial charge in [-0.05, 0) is 37.5 Å². The predicted octanol–water partition coefficient (Wildman–Crippen LogP) is 2.53. The molecule has 2 aromatic rings. The zero-order chi connectivity index (χ0) is 11.4. The maximum Gasteiger partial charge on any atom is 0.0954 e. The summed E-state index contributed by atoms with van der Waals surface area (Å²) in [7, 11) is 0. The number of nitrogens with zero attached hydrogens (tertiary/aromatic N) is 2. The molecule has 2 rings (SSSR count). The Morgan fingerprint density at radius 1 is 1.56 bits per heavy atom. The fourth-order valence-corrected chi connectivity index (χ4v) is 2.34. The first-order valence-corrected chi connectivity index (χ1v) is 6.14. The Morgan fingerprint density at radius 3 is 3.00 bits per heavy atom. The standard InChI is InChI=1S/C11H15N3OS/c1-3-5-12-10(9-4-6-15-7-9)11-8(2)13-14-16-11/h4,6-7,10,12H,3,5H2,1-2H3. The molecule has 0 radical (unpaired) electrons. The number of aryl methyl sites for hydroxylation is 1. The van der Waals surface area contributed by atoms with E-state index in [1.807, 2.05) is 13.0 Å². The number of aromatic nitrogens is 2. The molecule has 2 aromatic heterocycles. The molecule has 0 fully saturated rings. The summed E-state index contributed by atoms with van der Waals surface area (Å²) < 4.78 is 9.12. The van der Waals surface area contributed by atoms with E-state index in [-0.39, 0.29) is 6.04 Å². The third-order valence-electron chi connectivity index (χ3n) is 2.42. The molecule has 0 saturated heterocycles. The van der Waals surface area contributed by atoms with Crippen molar-refractivity contribution < 1.29 is 4.42 Å². The van der Waals surface area contributed by atoms with Gasteiger partial charge in [-0.3, -0.25) is 0 Å². The van der Waals surface area contributed by atoms with Gasteiger partial charge in [0.05, 0.1) is 29.1 Å². The lowest BCUT2D eigenvalue weighted by molar-refractivity contribution is 0.549. The van der Waals surface area contributed by atoms with Crippen LogP contribution in [0.25, 0.3) is 0 Å². The van der Waals surface area contributed by atoms with E-state index in [0.717, 1.165) is 29.1 Å². The average Bonchev–Trinajstić information content (AvgIpc) is 2.91. The van der Waals surface area contributed by atoms with Gasteiger partial charge in [0.25, 0.3) is 0 Å². The predicted molar refractivity (Wildman–Crippen MR) is 63.5 cm³/mol. The highest BCUT2D eigenvalue weighted by molar-refractivity contribution is 7.05. The second-order valence-corrected chi connectivity index (χ2v) is 4.45. The monoisotopic (exact) mass is 237 g/mol. The van der Waals surface area contributed by atoms with E-state index >= 15 is 0 Å². The third kappa shape index (κ3) is 2.31. The highest BCUT2D eigenvalue weighted by Crippen LogP contribution is 2.26. The highest BCUT2D eigenvalue weighted by Gasteiger charge is 2.19.